The summed E-state index contributed by atoms with van der Waals surface area (Å²) in [6, 6.07) is 15.9. The van der Waals surface area contributed by atoms with Crippen molar-refractivity contribution in [2.45, 2.75) is 6.10 Å². The smallest absolute Gasteiger partial charge is 0.335 e. The van der Waals surface area contributed by atoms with Crippen molar-refractivity contribution in [3.63, 3.8) is 0 Å². The number of aromatic carboxylic acids is 1. The average Bonchev–Trinajstić information content (AvgIpc) is 2.80. The summed E-state index contributed by atoms with van der Waals surface area (Å²) in [7, 11) is -3.58. The van der Waals surface area contributed by atoms with Gasteiger partial charge in [0.05, 0.1) is 28.6 Å². The lowest BCUT2D eigenvalue weighted by atomic mass is 10.0. The average molecular weight is 521 g/mol. The molecule has 0 amide bonds. The molecule has 1 unspecified atom stereocenters. The van der Waals surface area contributed by atoms with E-state index in [1.54, 1.807) is 24.3 Å². The Morgan fingerprint density at radius 2 is 1.74 bits per heavy atom. The van der Waals surface area contributed by atoms with Gasteiger partial charge in [-0.15, -0.1) is 0 Å². The highest BCUT2D eigenvalue weighted by Gasteiger charge is 2.13. The largest absolute Gasteiger partial charge is 0.506 e. The molecule has 0 aliphatic carbocycles. The van der Waals surface area contributed by atoms with Crippen molar-refractivity contribution < 1.29 is 33.3 Å². The fourth-order valence-corrected chi connectivity index (χ4v) is 4.03. The maximum atomic E-state index is 11.4. The second kappa shape index (κ2) is 11.4. The molecule has 5 N–H and O–H groups in total. The summed E-state index contributed by atoms with van der Waals surface area (Å²) >= 11 is 6.33. The fourth-order valence-electron chi connectivity index (χ4n) is 3.23. The number of ether oxygens (including phenoxy) is 1. The van der Waals surface area contributed by atoms with E-state index >= 15 is 0 Å². The summed E-state index contributed by atoms with van der Waals surface area (Å²) in [4.78, 5) is 11.0. The van der Waals surface area contributed by atoms with Gasteiger partial charge in [0.2, 0.25) is 10.0 Å². The minimum Gasteiger partial charge on any atom is -0.506 e. The van der Waals surface area contributed by atoms with E-state index in [4.69, 9.17) is 21.4 Å². The number of sulfonamides is 1. The zero-order chi connectivity index (χ0) is 25.6. The molecule has 0 radical (unpaired) electrons. The number of rotatable bonds is 11. The molecule has 1 atom stereocenters. The minimum atomic E-state index is -3.58. The topological polar surface area (TPSA) is 145 Å². The number of halogens is 1. The molecule has 3 rings (SSSR count). The lowest BCUT2D eigenvalue weighted by Crippen LogP contribution is -2.26. The number of aromatic hydroxyl groups is 1. The van der Waals surface area contributed by atoms with Crippen LogP contribution in [0.15, 0.2) is 60.7 Å². The molecule has 0 spiro atoms. The van der Waals surface area contributed by atoms with Gasteiger partial charge in [0.25, 0.3) is 0 Å². The van der Waals surface area contributed by atoms with E-state index in [-0.39, 0.29) is 30.2 Å². The summed E-state index contributed by atoms with van der Waals surface area (Å²) < 4.78 is 30.7. The van der Waals surface area contributed by atoms with Crippen LogP contribution in [-0.4, -0.2) is 55.7 Å². The van der Waals surface area contributed by atoms with Gasteiger partial charge < -0.3 is 25.4 Å². The van der Waals surface area contributed by atoms with E-state index in [2.05, 4.69) is 10.0 Å². The van der Waals surface area contributed by atoms with Crippen LogP contribution < -0.4 is 14.8 Å². The van der Waals surface area contributed by atoms with Gasteiger partial charge in [-0.25, -0.2) is 13.2 Å². The first-order valence-electron chi connectivity index (χ1n) is 10.5. The van der Waals surface area contributed by atoms with Crippen LogP contribution in [0.3, 0.4) is 0 Å². The number of carboxylic acid groups (broad SMARTS) is 1. The number of phenols is 1. The SMILES string of the molecule is CS(=O)(=O)Nc1cc(C(O)CNCCOc2ccc(-c3ccc(C(=O)O)cc3)cc2Cl)ccc1O. The molecule has 0 fully saturated rings. The molecule has 0 aliphatic heterocycles. The quantitative estimate of drug-likeness (QED) is 0.191. The molecule has 11 heteroatoms. The second-order valence-electron chi connectivity index (χ2n) is 7.75. The van der Waals surface area contributed by atoms with E-state index in [1.807, 2.05) is 6.07 Å². The van der Waals surface area contributed by atoms with Crippen molar-refractivity contribution in [2.75, 3.05) is 30.7 Å². The van der Waals surface area contributed by atoms with Crippen molar-refractivity contribution in [3.05, 3.63) is 76.8 Å². The first kappa shape index (κ1) is 26.3. The number of aliphatic hydroxyl groups excluding tert-OH is 1. The van der Waals surface area contributed by atoms with E-state index in [0.717, 1.165) is 17.4 Å². The Balaban J connectivity index is 1.49. The van der Waals surface area contributed by atoms with Crippen LogP contribution >= 0.6 is 11.6 Å². The molecule has 35 heavy (non-hydrogen) atoms. The maximum Gasteiger partial charge on any atom is 0.335 e. The third-order valence-corrected chi connectivity index (χ3v) is 5.86. The number of anilines is 1. The summed E-state index contributed by atoms with van der Waals surface area (Å²) in [5.74, 6) is -0.751. The number of carbonyl (C=O) groups is 1. The molecule has 0 aliphatic rings. The van der Waals surface area contributed by atoms with E-state index in [9.17, 15) is 23.4 Å². The molecule has 0 bridgehead atoms. The van der Waals surface area contributed by atoms with Gasteiger partial charge in [-0.2, -0.15) is 0 Å². The van der Waals surface area contributed by atoms with Crippen molar-refractivity contribution in [1.29, 1.82) is 0 Å². The number of hydrogen-bond donors (Lipinski definition) is 5. The van der Waals surface area contributed by atoms with Gasteiger partial charge in [-0.05, 0) is 53.1 Å². The Kier molecular flexibility index (Phi) is 8.57. The molecule has 0 saturated carbocycles. The highest BCUT2D eigenvalue weighted by Crippen LogP contribution is 2.31. The number of benzene rings is 3. The van der Waals surface area contributed by atoms with Gasteiger partial charge in [-0.1, -0.05) is 35.9 Å². The Hall–Kier alpha value is -3.31. The number of carboxylic acids is 1. The minimum absolute atomic E-state index is 0.0108. The van der Waals surface area contributed by atoms with Crippen LogP contribution in [0.4, 0.5) is 5.69 Å². The molecule has 0 aromatic heterocycles. The zero-order valence-corrected chi connectivity index (χ0v) is 20.3. The maximum absolute atomic E-state index is 11.4. The number of nitrogens with one attached hydrogen (secondary N) is 2. The summed E-state index contributed by atoms with van der Waals surface area (Å²) in [5.41, 5.74) is 2.26. The first-order valence-corrected chi connectivity index (χ1v) is 12.8. The molecule has 9 nitrogen and oxygen atoms in total. The highest BCUT2D eigenvalue weighted by molar-refractivity contribution is 7.92. The number of phenolic OH excluding ortho intramolecular Hbond substituents is 1. The lowest BCUT2D eigenvalue weighted by Gasteiger charge is -2.15. The van der Waals surface area contributed by atoms with Crippen LogP contribution in [0.5, 0.6) is 11.5 Å². The summed E-state index contributed by atoms with van der Waals surface area (Å²) in [6.07, 6.45) is 0.0289. The van der Waals surface area contributed by atoms with Crippen LogP contribution in [0.25, 0.3) is 11.1 Å². The standard InChI is InChI=1S/C24H25ClN2O7S/c1-35(32,33)27-20-13-18(6-8-21(20)28)22(29)14-26-10-11-34-23-9-7-17(12-19(23)25)15-2-4-16(5-3-15)24(30)31/h2-9,12-13,22,26-29H,10-11,14H2,1H3,(H,30,31). The van der Waals surface area contributed by atoms with Crippen LogP contribution in [0.2, 0.25) is 5.02 Å². The highest BCUT2D eigenvalue weighted by atomic mass is 35.5. The van der Waals surface area contributed by atoms with Crippen molar-refractivity contribution in [3.8, 4) is 22.6 Å². The van der Waals surface area contributed by atoms with Crippen LogP contribution in [0.1, 0.15) is 22.0 Å². The Morgan fingerprint density at radius 1 is 1.06 bits per heavy atom. The van der Waals surface area contributed by atoms with Crippen molar-refractivity contribution in [2.24, 2.45) is 0 Å². The number of hydrogen-bond acceptors (Lipinski definition) is 7. The monoisotopic (exact) mass is 520 g/mol. The Labute approximate surface area is 208 Å². The summed E-state index contributed by atoms with van der Waals surface area (Å²) in [5, 5.41) is 32.6. The zero-order valence-electron chi connectivity index (χ0n) is 18.7. The molecule has 3 aromatic carbocycles. The van der Waals surface area contributed by atoms with Gasteiger partial charge in [-0.3, -0.25) is 4.72 Å². The molecule has 0 saturated heterocycles. The molecular weight excluding hydrogens is 496 g/mol. The Bertz CT molecular complexity index is 1300. The second-order valence-corrected chi connectivity index (χ2v) is 9.90. The first-order chi connectivity index (χ1) is 16.5. The van der Waals surface area contributed by atoms with E-state index < -0.39 is 22.1 Å². The predicted octanol–water partition coefficient (Wildman–Crippen LogP) is 3.48. The molecule has 186 valence electrons. The Morgan fingerprint density at radius 3 is 2.37 bits per heavy atom. The predicted molar refractivity (Wildman–Crippen MR) is 134 cm³/mol. The van der Waals surface area contributed by atoms with Crippen LogP contribution in [-0.2, 0) is 10.0 Å². The third-order valence-electron chi connectivity index (χ3n) is 4.97. The lowest BCUT2D eigenvalue weighted by molar-refractivity contribution is 0.0697. The molecule has 0 heterocycles. The fraction of sp³-hybridized carbons (Fsp3) is 0.208. The molecular formula is C24H25ClN2O7S. The van der Waals surface area contributed by atoms with E-state index in [0.29, 0.717) is 22.9 Å². The number of aliphatic hydroxyl groups is 1. The summed E-state index contributed by atoms with van der Waals surface area (Å²) in [6.45, 7) is 0.847. The van der Waals surface area contributed by atoms with Crippen molar-refractivity contribution in [1.82, 2.24) is 5.32 Å². The van der Waals surface area contributed by atoms with Gasteiger partial charge >= 0.3 is 5.97 Å². The van der Waals surface area contributed by atoms with Crippen LogP contribution in [0, 0.1) is 0 Å². The van der Waals surface area contributed by atoms with Gasteiger partial charge in [0, 0.05) is 13.1 Å². The molecule has 3 aromatic rings. The van der Waals surface area contributed by atoms with Gasteiger partial charge in [0.15, 0.2) is 0 Å². The van der Waals surface area contributed by atoms with E-state index in [1.165, 1.54) is 30.3 Å². The normalized spacial score (nSPS) is 12.2. The van der Waals surface area contributed by atoms with Crippen molar-refractivity contribution >= 4 is 33.3 Å². The van der Waals surface area contributed by atoms with Gasteiger partial charge in [0.1, 0.15) is 18.1 Å². The third kappa shape index (κ3) is 7.59.